The maximum absolute atomic E-state index is 13.1. The molecule has 148 valence electrons. The van der Waals surface area contributed by atoms with E-state index in [4.69, 9.17) is 25.8 Å². The molecule has 29 heavy (non-hydrogen) atoms. The van der Waals surface area contributed by atoms with Crippen molar-refractivity contribution in [3.8, 4) is 17.2 Å². The van der Waals surface area contributed by atoms with E-state index in [1.807, 2.05) is 48.5 Å². The number of rotatable bonds is 6. The number of carbonyl (C=O) groups is 1. The first-order chi connectivity index (χ1) is 14.1. The Balaban J connectivity index is 1.58. The second kappa shape index (κ2) is 8.32. The molecule has 0 spiro atoms. The van der Waals surface area contributed by atoms with Gasteiger partial charge in [-0.3, -0.25) is 4.79 Å². The van der Waals surface area contributed by atoms with Gasteiger partial charge in [-0.1, -0.05) is 41.9 Å². The Labute approximate surface area is 173 Å². The summed E-state index contributed by atoms with van der Waals surface area (Å²) in [7, 11) is 1.54. The second-order valence-corrected chi connectivity index (χ2v) is 6.80. The molecule has 7 heteroatoms. The Morgan fingerprint density at radius 3 is 2.52 bits per heavy atom. The van der Waals surface area contributed by atoms with Crippen molar-refractivity contribution < 1.29 is 19.0 Å². The predicted molar refractivity (Wildman–Crippen MR) is 112 cm³/mol. The van der Waals surface area contributed by atoms with Gasteiger partial charge in [-0.2, -0.15) is 0 Å². The van der Waals surface area contributed by atoms with Gasteiger partial charge >= 0.3 is 0 Å². The van der Waals surface area contributed by atoms with Crippen molar-refractivity contribution in [3.05, 3.63) is 77.3 Å². The molecule has 0 aromatic heterocycles. The van der Waals surface area contributed by atoms with Crippen molar-refractivity contribution in [2.45, 2.75) is 6.04 Å². The minimum atomic E-state index is -0.627. The van der Waals surface area contributed by atoms with Crippen LogP contribution >= 0.6 is 11.6 Å². The highest BCUT2D eigenvalue weighted by atomic mass is 35.5. The third-order valence-corrected chi connectivity index (χ3v) is 4.79. The number of benzene rings is 3. The number of hydrogen-bond acceptors (Lipinski definition) is 5. The normalized spacial score (nSPS) is 12.9. The van der Waals surface area contributed by atoms with Gasteiger partial charge in [-0.25, -0.2) is 0 Å². The van der Waals surface area contributed by atoms with Crippen molar-refractivity contribution in [2.75, 3.05) is 24.5 Å². The van der Waals surface area contributed by atoms with E-state index in [1.165, 1.54) is 0 Å². The highest BCUT2D eigenvalue weighted by Gasteiger charge is 2.22. The molecule has 0 bridgehead atoms. The van der Waals surface area contributed by atoms with Crippen LogP contribution in [0, 0.1) is 0 Å². The summed E-state index contributed by atoms with van der Waals surface area (Å²) in [6.07, 6.45) is 0. The van der Waals surface area contributed by atoms with Gasteiger partial charge < -0.3 is 24.8 Å². The average molecular weight is 411 g/mol. The van der Waals surface area contributed by atoms with Crippen molar-refractivity contribution in [1.29, 1.82) is 0 Å². The Morgan fingerprint density at radius 2 is 1.76 bits per heavy atom. The lowest BCUT2D eigenvalue weighted by Gasteiger charge is -2.20. The van der Waals surface area contributed by atoms with E-state index < -0.39 is 6.04 Å². The van der Waals surface area contributed by atoms with Gasteiger partial charge in [-0.15, -0.1) is 0 Å². The van der Waals surface area contributed by atoms with Crippen LogP contribution in [0.1, 0.15) is 11.6 Å². The minimum Gasteiger partial charge on any atom is -0.495 e. The fraction of sp³-hybridized carbons (Fsp3) is 0.136. The number of anilines is 2. The van der Waals surface area contributed by atoms with Gasteiger partial charge in [0.2, 0.25) is 6.79 Å². The Kier molecular flexibility index (Phi) is 5.44. The van der Waals surface area contributed by atoms with E-state index in [0.717, 1.165) is 11.3 Å². The molecule has 0 fully saturated rings. The van der Waals surface area contributed by atoms with Gasteiger partial charge in [-0.05, 0) is 35.9 Å². The lowest BCUT2D eigenvalue weighted by Crippen LogP contribution is -2.27. The Morgan fingerprint density at radius 1 is 1.00 bits per heavy atom. The zero-order chi connectivity index (χ0) is 20.2. The van der Waals surface area contributed by atoms with E-state index in [9.17, 15) is 4.79 Å². The molecule has 3 aromatic rings. The zero-order valence-electron chi connectivity index (χ0n) is 15.6. The summed E-state index contributed by atoms with van der Waals surface area (Å²) in [4.78, 5) is 13.1. The lowest BCUT2D eigenvalue weighted by atomic mass is 10.1. The van der Waals surface area contributed by atoms with Gasteiger partial charge in [0.05, 0.1) is 12.1 Å². The smallest absolute Gasteiger partial charge is 0.251 e. The molecule has 1 atom stereocenters. The van der Waals surface area contributed by atoms with Crippen molar-refractivity contribution in [3.63, 3.8) is 0 Å². The van der Waals surface area contributed by atoms with Crippen LogP contribution in [0.5, 0.6) is 17.2 Å². The van der Waals surface area contributed by atoms with E-state index in [2.05, 4.69) is 10.6 Å². The van der Waals surface area contributed by atoms with Crippen LogP contribution in [-0.2, 0) is 4.79 Å². The molecule has 0 aliphatic carbocycles. The van der Waals surface area contributed by atoms with Gasteiger partial charge in [0.15, 0.2) is 11.5 Å². The van der Waals surface area contributed by atoms with E-state index in [-0.39, 0.29) is 12.7 Å². The van der Waals surface area contributed by atoms with E-state index in [0.29, 0.717) is 28.0 Å². The third kappa shape index (κ3) is 4.22. The molecular weight excluding hydrogens is 392 g/mol. The molecular formula is C22H19ClN2O4. The van der Waals surface area contributed by atoms with Crippen LogP contribution in [-0.4, -0.2) is 19.8 Å². The molecule has 1 aliphatic heterocycles. The summed E-state index contributed by atoms with van der Waals surface area (Å²) in [6.45, 7) is 0.194. The number of nitrogens with one attached hydrogen (secondary N) is 2. The first-order valence-corrected chi connectivity index (χ1v) is 9.37. The fourth-order valence-corrected chi connectivity index (χ4v) is 3.31. The number of carbonyl (C=O) groups excluding carboxylic acids is 1. The third-order valence-electron chi connectivity index (χ3n) is 4.50. The minimum absolute atomic E-state index is 0.194. The molecule has 1 heterocycles. The first-order valence-electron chi connectivity index (χ1n) is 8.99. The highest BCUT2D eigenvalue weighted by Crippen LogP contribution is 2.35. The first kappa shape index (κ1) is 19.0. The summed E-state index contributed by atoms with van der Waals surface area (Å²) in [5.74, 6) is 1.64. The van der Waals surface area contributed by atoms with Crippen LogP contribution in [0.4, 0.5) is 11.4 Å². The van der Waals surface area contributed by atoms with Gasteiger partial charge in [0, 0.05) is 17.4 Å². The summed E-state index contributed by atoms with van der Waals surface area (Å²) in [5, 5.41) is 6.61. The zero-order valence-corrected chi connectivity index (χ0v) is 16.4. The molecule has 1 aliphatic rings. The van der Waals surface area contributed by atoms with Crippen LogP contribution in [0.3, 0.4) is 0 Å². The molecule has 4 rings (SSSR count). The molecule has 0 saturated carbocycles. The van der Waals surface area contributed by atoms with Gasteiger partial charge in [0.25, 0.3) is 5.91 Å². The van der Waals surface area contributed by atoms with E-state index >= 15 is 0 Å². The van der Waals surface area contributed by atoms with Crippen LogP contribution in [0.15, 0.2) is 66.7 Å². The molecule has 0 unspecified atom stereocenters. The lowest BCUT2D eigenvalue weighted by molar-refractivity contribution is -0.117. The number of fused-ring (bicyclic) bond motifs is 1. The molecule has 1 amide bonds. The summed E-state index contributed by atoms with van der Waals surface area (Å²) in [5.41, 5.74) is 2.14. The van der Waals surface area contributed by atoms with Crippen LogP contribution < -0.4 is 24.8 Å². The molecule has 3 aromatic carbocycles. The SMILES string of the molecule is COc1ccc(NC(=O)[C@H](Nc2ccc3c(c2)OCO3)c2ccccc2)cc1Cl. The summed E-state index contributed by atoms with van der Waals surface area (Å²) in [6, 6.07) is 19.4. The molecule has 6 nitrogen and oxygen atoms in total. The summed E-state index contributed by atoms with van der Waals surface area (Å²) >= 11 is 6.18. The maximum atomic E-state index is 13.1. The average Bonchev–Trinajstić information content (AvgIpc) is 3.20. The van der Waals surface area contributed by atoms with Gasteiger partial charge in [0.1, 0.15) is 11.8 Å². The molecule has 0 radical (unpaired) electrons. The van der Waals surface area contributed by atoms with Crippen molar-refractivity contribution >= 4 is 28.9 Å². The number of hydrogen-bond donors (Lipinski definition) is 2. The molecule has 0 saturated heterocycles. The van der Waals surface area contributed by atoms with Crippen LogP contribution in [0.25, 0.3) is 0 Å². The number of amides is 1. The fourth-order valence-electron chi connectivity index (χ4n) is 3.06. The van der Waals surface area contributed by atoms with Crippen LogP contribution in [0.2, 0.25) is 5.02 Å². The topological polar surface area (TPSA) is 68.8 Å². The number of ether oxygens (including phenoxy) is 3. The maximum Gasteiger partial charge on any atom is 0.251 e. The van der Waals surface area contributed by atoms with E-state index in [1.54, 1.807) is 25.3 Å². The summed E-state index contributed by atoms with van der Waals surface area (Å²) < 4.78 is 15.9. The highest BCUT2D eigenvalue weighted by molar-refractivity contribution is 6.32. The van der Waals surface area contributed by atoms with Crippen molar-refractivity contribution in [2.24, 2.45) is 0 Å². The van der Waals surface area contributed by atoms with Crippen molar-refractivity contribution in [1.82, 2.24) is 0 Å². The predicted octanol–water partition coefficient (Wildman–Crippen LogP) is 4.87. The Hall–Kier alpha value is -3.38. The Bertz CT molecular complexity index is 1030. The number of methoxy groups -OCH3 is 1. The molecule has 2 N–H and O–H groups in total. The second-order valence-electron chi connectivity index (χ2n) is 6.39. The number of halogens is 1. The monoisotopic (exact) mass is 410 g/mol. The standard InChI is InChI=1S/C22H19ClN2O4/c1-27-18-9-7-15(11-17(18)23)25-22(26)21(14-5-3-2-4-6-14)24-16-8-10-19-20(12-16)29-13-28-19/h2-12,21,24H,13H2,1H3,(H,25,26)/t21-/m1/s1. The largest absolute Gasteiger partial charge is 0.495 e. The quantitative estimate of drug-likeness (QED) is 0.606.